The first-order valence-corrected chi connectivity index (χ1v) is 9.91. The number of benzene rings is 2. The summed E-state index contributed by atoms with van der Waals surface area (Å²) in [5.74, 6) is 2.00. The van der Waals surface area contributed by atoms with Gasteiger partial charge in [0.15, 0.2) is 5.82 Å². The molecule has 138 valence electrons. The van der Waals surface area contributed by atoms with Crippen LogP contribution in [0.15, 0.2) is 60.9 Å². The van der Waals surface area contributed by atoms with Crippen LogP contribution in [0.2, 0.25) is 0 Å². The summed E-state index contributed by atoms with van der Waals surface area (Å²) in [6, 6.07) is 15.1. The van der Waals surface area contributed by atoms with Crippen LogP contribution in [0.4, 0.5) is 4.39 Å². The molecule has 0 radical (unpaired) electrons. The molecule has 27 heavy (non-hydrogen) atoms. The van der Waals surface area contributed by atoms with Crippen molar-refractivity contribution in [3.63, 3.8) is 0 Å². The summed E-state index contributed by atoms with van der Waals surface area (Å²) >= 11 is 0. The second kappa shape index (κ2) is 7.99. The van der Waals surface area contributed by atoms with Crippen LogP contribution in [-0.2, 0) is 0 Å². The summed E-state index contributed by atoms with van der Waals surface area (Å²) in [6.45, 7) is 2.31. The highest BCUT2D eigenvalue weighted by Crippen LogP contribution is 2.37. The minimum Gasteiger partial charge on any atom is -0.236 e. The summed E-state index contributed by atoms with van der Waals surface area (Å²) in [6.07, 6.45) is 10.4. The van der Waals surface area contributed by atoms with Crippen LogP contribution in [0.25, 0.3) is 22.5 Å². The topological polar surface area (TPSA) is 25.8 Å². The molecule has 0 N–H and O–H groups in total. The van der Waals surface area contributed by atoms with Gasteiger partial charge in [-0.05, 0) is 72.9 Å². The van der Waals surface area contributed by atoms with E-state index in [2.05, 4.69) is 41.2 Å². The second-order valence-electron chi connectivity index (χ2n) is 7.55. The van der Waals surface area contributed by atoms with Gasteiger partial charge in [-0.3, -0.25) is 0 Å². The number of hydrogen-bond acceptors (Lipinski definition) is 2. The van der Waals surface area contributed by atoms with Crippen molar-refractivity contribution in [1.82, 2.24) is 9.97 Å². The van der Waals surface area contributed by atoms with Crippen LogP contribution in [0.5, 0.6) is 0 Å². The van der Waals surface area contributed by atoms with E-state index < -0.39 is 0 Å². The predicted octanol–water partition coefficient (Wildman–Crippen LogP) is 6.63. The third kappa shape index (κ3) is 4.08. The van der Waals surface area contributed by atoms with E-state index in [1.807, 2.05) is 12.4 Å². The van der Waals surface area contributed by atoms with Crippen molar-refractivity contribution in [2.75, 3.05) is 0 Å². The van der Waals surface area contributed by atoms with E-state index in [0.717, 1.165) is 22.6 Å². The van der Waals surface area contributed by atoms with E-state index in [1.54, 1.807) is 12.1 Å². The zero-order valence-corrected chi connectivity index (χ0v) is 15.7. The van der Waals surface area contributed by atoms with E-state index in [1.165, 1.54) is 49.8 Å². The predicted molar refractivity (Wildman–Crippen MR) is 108 cm³/mol. The molecule has 1 aliphatic rings. The Morgan fingerprint density at radius 1 is 0.778 bits per heavy atom. The van der Waals surface area contributed by atoms with Gasteiger partial charge in [0.2, 0.25) is 0 Å². The van der Waals surface area contributed by atoms with E-state index >= 15 is 0 Å². The molecule has 3 aromatic rings. The van der Waals surface area contributed by atoms with Gasteiger partial charge in [0.1, 0.15) is 5.82 Å². The Labute approximate surface area is 160 Å². The second-order valence-corrected chi connectivity index (χ2v) is 7.55. The first kappa shape index (κ1) is 17.8. The molecule has 0 aliphatic heterocycles. The highest BCUT2D eigenvalue weighted by molar-refractivity contribution is 5.64. The van der Waals surface area contributed by atoms with E-state index in [4.69, 9.17) is 0 Å². The van der Waals surface area contributed by atoms with Crippen LogP contribution >= 0.6 is 0 Å². The molecular formula is C24H25FN2. The zero-order chi connectivity index (χ0) is 18.6. The minimum atomic E-state index is -0.251. The van der Waals surface area contributed by atoms with Crippen molar-refractivity contribution in [2.24, 2.45) is 5.92 Å². The summed E-state index contributed by atoms with van der Waals surface area (Å²) in [5, 5.41) is 0. The highest BCUT2D eigenvalue weighted by Gasteiger charge is 2.21. The summed E-state index contributed by atoms with van der Waals surface area (Å²) < 4.78 is 13.1. The van der Waals surface area contributed by atoms with Crippen molar-refractivity contribution in [3.8, 4) is 22.5 Å². The fourth-order valence-electron chi connectivity index (χ4n) is 4.08. The molecule has 1 saturated carbocycles. The smallest absolute Gasteiger partial charge is 0.159 e. The van der Waals surface area contributed by atoms with Crippen molar-refractivity contribution in [2.45, 2.75) is 44.9 Å². The van der Waals surface area contributed by atoms with E-state index in [-0.39, 0.29) is 5.82 Å². The van der Waals surface area contributed by atoms with Gasteiger partial charge in [-0.2, -0.15) is 0 Å². The highest BCUT2D eigenvalue weighted by atomic mass is 19.1. The molecule has 2 nitrogen and oxygen atoms in total. The molecule has 0 bridgehead atoms. The molecule has 1 aromatic heterocycles. The Kier molecular flexibility index (Phi) is 5.28. The summed E-state index contributed by atoms with van der Waals surface area (Å²) in [5.41, 5.74) is 4.41. The molecule has 2 aromatic carbocycles. The molecule has 0 saturated heterocycles. The van der Waals surface area contributed by atoms with Gasteiger partial charge in [0.25, 0.3) is 0 Å². The van der Waals surface area contributed by atoms with Crippen LogP contribution < -0.4 is 0 Å². The molecule has 1 heterocycles. The third-order valence-corrected chi connectivity index (χ3v) is 5.89. The first-order valence-electron chi connectivity index (χ1n) is 9.91. The quantitative estimate of drug-likeness (QED) is 0.521. The van der Waals surface area contributed by atoms with Gasteiger partial charge in [0.05, 0.1) is 0 Å². The van der Waals surface area contributed by atoms with Crippen LogP contribution in [0, 0.1) is 11.7 Å². The molecule has 3 heteroatoms. The number of aromatic nitrogens is 2. The van der Waals surface area contributed by atoms with Crippen molar-refractivity contribution >= 4 is 0 Å². The lowest BCUT2D eigenvalue weighted by Gasteiger charge is -2.28. The van der Waals surface area contributed by atoms with Crippen molar-refractivity contribution in [1.29, 1.82) is 0 Å². The van der Waals surface area contributed by atoms with Gasteiger partial charge in [-0.1, -0.05) is 37.6 Å². The fraction of sp³-hybridized carbons (Fsp3) is 0.333. The Hall–Kier alpha value is -2.55. The lowest BCUT2D eigenvalue weighted by molar-refractivity contribution is 0.319. The Morgan fingerprint density at radius 3 is 1.96 bits per heavy atom. The molecule has 1 fully saturated rings. The van der Waals surface area contributed by atoms with Gasteiger partial charge >= 0.3 is 0 Å². The number of hydrogen-bond donors (Lipinski definition) is 0. The number of rotatable bonds is 4. The summed E-state index contributed by atoms with van der Waals surface area (Å²) in [4.78, 5) is 8.90. The molecule has 0 amide bonds. The fourth-order valence-corrected chi connectivity index (χ4v) is 4.08. The number of nitrogens with zero attached hydrogens (tertiary/aromatic N) is 2. The van der Waals surface area contributed by atoms with E-state index in [9.17, 15) is 4.39 Å². The first-order chi connectivity index (χ1) is 13.2. The zero-order valence-electron chi connectivity index (χ0n) is 15.7. The monoisotopic (exact) mass is 360 g/mol. The standard InChI is InChI=1S/C24H25FN2/c1-2-17-3-5-18(6-4-17)19-7-9-20(10-8-19)22-15-26-24(27-16-22)21-11-13-23(25)14-12-21/h7-18H,2-6H2,1H3/t17-,18-. The van der Waals surface area contributed by atoms with Crippen molar-refractivity contribution in [3.05, 3.63) is 72.3 Å². The van der Waals surface area contributed by atoms with E-state index in [0.29, 0.717) is 11.7 Å². The van der Waals surface area contributed by atoms with Gasteiger partial charge in [-0.25, -0.2) is 14.4 Å². The normalized spacial score (nSPS) is 19.8. The minimum absolute atomic E-state index is 0.251. The van der Waals surface area contributed by atoms with Crippen LogP contribution in [-0.4, -0.2) is 9.97 Å². The van der Waals surface area contributed by atoms with Gasteiger partial charge < -0.3 is 0 Å². The summed E-state index contributed by atoms with van der Waals surface area (Å²) in [7, 11) is 0. The third-order valence-electron chi connectivity index (χ3n) is 5.89. The van der Waals surface area contributed by atoms with Gasteiger partial charge in [-0.15, -0.1) is 0 Å². The Morgan fingerprint density at radius 2 is 1.37 bits per heavy atom. The maximum absolute atomic E-state index is 13.1. The van der Waals surface area contributed by atoms with Crippen molar-refractivity contribution < 1.29 is 4.39 Å². The molecule has 0 atom stereocenters. The molecule has 4 rings (SSSR count). The molecule has 1 aliphatic carbocycles. The average molecular weight is 360 g/mol. The van der Waals surface area contributed by atoms with Crippen LogP contribution in [0.1, 0.15) is 50.5 Å². The number of halogens is 1. The molecule has 0 unspecified atom stereocenters. The maximum atomic E-state index is 13.1. The van der Waals surface area contributed by atoms with Gasteiger partial charge in [0, 0.05) is 23.5 Å². The average Bonchev–Trinajstić information content (AvgIpc) is 2.75. The Bertz CT molecular complexity index is 862. The molecule has 0 spiro atoms. The largest absolute Gasteiger partial charge is 0.236 e. The maximum Gasteiger partial charge on any atom is 0.159 e. The lowest BCUT2D eigenvalue weighted by Crippen LogP contribution is -2.12. The molecular weight excluding hydrogens is 335 g/mol. The SMILES string of the molecule is CC[C@H]1CC[C@H](c2ccc(-c3cnc(-c4ccc(F)cc4)nc3)cc2)CC1. The lowest BCUT2D eigenvalue weighted by atomic mass is 9.78. The van der Waals surface area contributed by atoms with Crippen LogP contribution in [0.3, 0.4) is 0 Å². The Balaban J connectivity index is 1.46.